The van der Waals surface area contributed by atoms with E-state index in [1.807, 2.05) is 29.6 Å². The van der Waals surface area contributed by atoms with Crippen LogP contribution in [0.2, 0.25) is 0 Å². The van der Waals surface area contributed by atoms with Crippen molar-refractivity contribution in [1.29, 1.82) is 0 Å². The molecule has 7 heteroatoms. The molecule has 0 atom stereocenters. The summed E-state index contributed by atoms with van der Waals surface area (Å²) in [5, 5.41) is 12.5. The molecular formula is C18H15BrN2O3S. The summed E-state index contributed by atoms with van der Waals surface area (Å²) in [4.78, 5) is 10.1. The van der Waals surface area contributed by atoms with Gasteiger partial charge in [-0.05, 0) is 28.1 Å². The van der Waals surface area contributed by atoms with Gasteiger partial charge in [0, 0.05) is 21.0 Å². The van der Waals surface area contributed by atoms with E-state index in [2.05, 4.69) is 20.9 Å². The Morgan fingerprint density at radius 1 is 1.24 bits per heavy atom. The molecule has 0 aliphatic carbocycles. The second kappa shape index (κ2) is 6.49. The normalized spacial score (nSPS) is 15.6. The minimum Gasteiger partial charge on any atom is -0.496 e. The lowest BCUT2D eigenvalue weighted by atomic mass is 9.90. The molecule has 25 heavy (non-hydrogen) atoms. The van der Waals surface area contributed by atoms with E-state index in [1.165, 1.54) is 0 Å². The second-order valence-corrected chi connectivity index (χ2v) is 7.69. The number of ether oxygens (including phenoxy) is 2. The zero-order valence-electron chi connectivity index (χ0n) is 13.4. The number of aromatic nitrogens is 2. The quantitative estimate of drug-likeness (QED) is 0.696. The van der Waals surface area contributed by atoms with Crippen LogP contribution in [0, 0.1) is 0 Å². The minimum absolute atomic E-state index is 0.283. The Kier molecular flexibility index (Phi) is 4.33. The van der Waals surface area contributed by atoms with Crippen LogP contribution in [0.4, 0.5) is 0 Å². The van der Waals surface area contributed by atoms with Crippen molar-refractivity contribution in [2.24, 2.45) is 0 Å². The molecule has 4 rings (SSSR count). The fraction of sp³-hybridized carbons (Fsp3) is 0.222. The zero-order valence-corrected chi connectivity index (χ0v) is 15.8. The predicted molar refractivity (Wildman–Crippen MR) is 99.7 cm³/mol. The van der Waals surface area contributed by atoms with E-state index < -0.39 is 5.60 Å². The Balaban J connectivity index is 1.72. The highest BCUT2D eigenvalue weighted by Crippen LogP contribution is 2.38. The second-order valence-electron chi connectivity index (χ2n) is 5.86. The molecule has 5 nitrogen and oxygen atoms in total. The summed E-state index contributed by atoms with van der Waals surface area (Å²) < 4.78 is 11.7. The van der Waals surface area contributed by atoms with Gasteiger partial charge in [0.2, 0.25) is 0 Å². The average Bonchev–Trinajstić information content (AvgIpc) is 3.06. The highest BCUT2D eigenvalue weighted by Gasteiger charge is 2.40. The molecular weight excluding hydrogens is 404 g/mol. The molecule has 1 aliphatic rings. The summed E-state index contributed by atoms with van der Waals surface area (Å²) in [5.74, 6) is 0.620. The van der Waals surface area contributed by atoms with Crippen LogP contribution in [-0.2, 0) is 10.3 Å². The standard InChI is InChI=1S/C18H15BrN2O3S/c1-23-16-4-11(2-3-13(16)18(22)9-24-10-18)14-6-20-7-15(21-14)17-5-12(19)8-25-17/h2-8,22H,9-10H2,1H3. The number of hydrogen-bond acceptors (Lipinski definition) is 6. The van der Waals surface area contributed by atoms with Crippen molar-refractivity contribution in [3.63, 3.8) is 0 Å². The summed E-state index contributed by atoms with van der Waals surface area (Å²) in [6.45, 7) is 0.566. The molecule has 0 unspecified atom stereocenters. The maximum atomic E-state index is 10.5. The summed E-state index contributed by atoms with van der Waals surface area (Å²) in [6.07, 6.45) is 3.48. The van der Waals surface area contributed by atoms with Crippen LogP contribution >= 0.6 is 27.3 Å². The molecule has 3 heterocycles. The summed E-state index contributed by atoms with van der Waals surface area (Å²) in [5.41, 5.74) is 2.22. The van der Waals surface area contributed by atoms with Crippen LogP contribution in [-0.4, -0.2) is 35.4 Å². The Bertz CT molecular complexity index is 924. The van der Waals surface area contributed by atoms with Gasteiger partial charge in [-0.3, -0.25) is 4.98 Å². The number of aliphatic hydroxyl groups is 1. The van der Waals surface area contributed by atoms with Gasteiger partial charge in [0.05, 0.1) is 49.0 Å². The molecule has 128 valence electrons. The van der Waals surface area contributed by atoms with Crippen molar-refractivity contribution < 1.29 is 14.6 Å². The average molecular weight is 419 g/mol. The number of thiophene rings is 1. The fourth-order valence-corrected chi connectivity index (χ4v) is 4.14. The van der Waals surface area contributed by atoms with Crippen molar-refractivity contribution in [2.45, 2.75) is 5.60 Å². The lowest BCUT2D eigenvalue weighted by molar-refractivity contribution is -0.185. The third kappa shape index (κ3) is 3.08. The maximum Gasteiger partial charge on any atom is 0.140 e. The summed E-state index contributed by atoms with van der Waals surface area (Å²) >= 11 is 5.07. The van der Waals surface area contributed by atoms with E-state index >= 15 is 0 Å². The molecule has 1 N–H and O–H groups in total. The number of halogens is 1. The molecule has 0 spiro atoms. The van der Waals surface area contributed by atoms with Crippen molar-refractivity contribution in [3.05, 3.63) is 52.1 Å². The van der Waals surface area contributed by atoms with Crippen LogP contribution in [0.25, 0.3) is 21.8 Å². The van der Waals surface area contributed by atoms with Gasteiger partial charge in [-0.2, -0.15) is 0 Å². The van der Waals surface area contributed by atoms with Gasteiger partial charge in [0.15, 0.2) is 0 Å². The Morgan fingerprint density at radius 2 is 2.04 bits per heavy atom. The van der Waals surface area contributed by atoms with Gasteiger partial charge < -0.3 is 14.6 Å². The van der Waals surface area contributed by atoms with Crippen LogP contribution < -0.4 is 4.74 Å². The van der Waals surface area contributed by atoms with Crippen molar-refractivity contribution in [1.82, 2.24) is 9.97 Å². The van der Waals surface area contributed by atoms with Gasteiger partial charge in [0.25, 0.3) is 0 Å². The van der Waals surface area contributed by atoms with Crippen LogP contribution in [0.15, 0.2) is 46.5 Å². The number of hydrogen-bond donors (Lipinski definition) is 1. The van der Waals surface area contributed by atoms with Gasteiger partial charge >= 0.3 is 0 Å². The van der Waals surface area contributed by atoms with E-state index in [9.17, 15) is 5.11 Å². The first kappa shape index (κ1) is 16.7. The topological polar surface area (TPSA) is 64.5 Å². The SMILES string of the molecule is COc1cc(-c2cncc(-c3cc(Br)cs3)n2)ccc1C1(O)COC1. The highest BCUT2D eigenvalue weighted by atomic mass is 79.9. The molecule has 1 aromatic carbocycles. The molecule has 0 saturated carbocycles. The van der Waals surface area contributed by atoms with Crippen molar-refractivity contribution >= 4 is 27.3 Å². The Labute approximate surface area is 157 Å². The number of benzene rings is 1. The van der Waals surface area contributed by atoms with Crippen LogP contribution in [0.3, 0.4) is 0 Å². The third-order valence-electron chi connectivity index (χ3n) is 4.13. The van der Waals surface area contributed by atoms with Gasteiger partial charge in [0.1, 0.15) is 11.4 Å². The molecule has 0 bridgehead atoms. The smallest absolute Gasteiger partial charge is 0.140 e. The molecule has 1 fully saturated rings. The highest BCUT2D eigenvalue weighted by molar-refractivity contribution is 9.10. The molecule has 3 aromatic rings. The first-order valence-electron chi connectivity index (χ1n) is 7.64. The van der Waals surface area contributed by atoms with E-state index in [0.717, 1.165) is 31.9 Å². The minimum atomic E-state index is -0.972. The lowest BCUT2D eigenvalue weighted by Crippen LogP contribution is -2.46. The first-order chi connectivity index (χ1) is 12.1. The van der Waals surface area contributed by atoms with Crippen molar-refractivity contribution in [3.8, 4) is 27.6 Å². The summed E-state index contributed by atoms with van der Waals surface area (Å²) in [6, 6.07) is 7.69. The lowest BCUT2D eigenvalue weighted by Gasteiger charge is -2.37. The maximum absolute atomic E-state index is 10.5. The van der Waals surface area contributed by atoms with Gasteiger partial charge in [-0.25, -0.2) is 4.98 Å². The van der Waals surface area contributed by atoms with Gasteiger partial charge in [-0.1, -0.05) is 12.1 Å². The van der Waals surface area contributed by atoms with Gasteiger partial charge in [-0.15, -0.1) is 11.3 Å². The Hall–Kier alpha value is -1.80. The Morgan fingerprint density at radius 3 is 2.68 bits per heavy atom. The molecule has 0 radical (unpaired) electrons. The zero-order chi connectivity index (χ0) is 17.4. The summed E-state index contributed by atoms with van der Waals surface area (Å²) in [7, 11) is 1.59. The molecule has 0 amide bonds. The first-order valence-corrected chi connectivity index (χ1v) is 9.32. The van der Waals surface area contributed by atoms with E-state index in [-0.39, 0.29) is 13.2 Å². The molecule has 1 aliphatic heterocycles. The molecule has 1 saturated heterocycles. The van der Waals surface area contributed by atoms with E-state index in [0.29, 0.717) is 5.75 Å². The number of nitrogens with zero attached hydrogens (tertiary/aromatic N) is 2. The van der Waals surface area contributed by atoms with E-state index in [4.69, 9.17) is 14.5 Å². The number of methoxy groups -OCH3 is 1. The monoisotopic (exact) mass is 418 g/mol. The third-order valence-corrected chi connectivity index (χ3v) is 5.85. The molecule has 2 aromatic heterocycles. The predicted octanol–water partition coefficient (Wildman–Crippen LogP) is 3.86. The van der Waals surface area contributed by atoms with Crippen LogP contribution in [0.1, 0.15) is 5.56 Å². The van der Waals surface area contributed by atoms with Crippen LogP contribution in [0.5, 0.6) is 5.75 Å². The fourth-order valence-electron chi connectivity index (χ4n) is 2.76. The number of rotatable bonds is 4. The largest absolute Gasteiger partial charge is 0.496 e. The van der Waals surface area contributed by atoms with Crippen molar-refractivity contribution in [2.75, 3.05) is 20.3 Å². The van der Waals surface area contributed by atoms with E-state index in [1.54, 1.807) is 30.8 Å².